The Morgan fingerprint density at radius 1 is 1.25 bits per heavy atom. The first-order valence-corrected chi connectivity index (χ1v) is 9.36. The number of likely N-dealkylation sites (tertiary alicyclic amines) is 1. The van der Waals surface area contributed by atoms with Gasteiger partial charge in [-0.1, -0.05) is 18.2 Å². The molecule has 2 heterocycles. The van der Waals surface area contributed by atoms with Gasteiger partial charge in [0.1, 0.15) is 5.76 Å². The minimum absolute atomic E-state index is 0.121. The molecule has 3 rings (SSSR count). The van der Waals surface area contributed by atoms with Gasteiger partial charge >= 0.3 is 0 Å². The molecule has 0 radical (unpaired) electrons. The Labute approximate surface area is 141 Å². The zero-order chi connectivity index (χ0) is 17.2. The van der Waals surface area contributed by atoms with Gasteiger partial charge < -0.3 is 9.32 Å². The van der Waals surface area contributed by atoms with Crippen LogP contribution >= 0.6 is 0 Å². The fourth-order valence-corrected chi connectivity index (χ4v) is 4.20. The van der Waals surface area contributed by atoms with E-state index in [4.69, 9.17) is 4.42 Å². The highest BCUT2D eigenvalue weighted by Crippen LogP contribution is 2.18. The van der Waals surface area contributed by atoms with E-state index in [2.05, 4.69) is 4.72 Å². The van der Waals surface area contributed by atoms with E-state index < -0.39 is 10.0 Å². The summed E-state index contributed by atoms with van der Waals surface area (Å²) in [6, 6.07) is 9.62. The van der Waals surface area contributed by atoms with E-state index >= 15 is 0 Å². The molecular formula is C17H20N2O4S. The average Bonchev–Trinajstić information content (AvgIpc) is 3.01. The van der Waals surface area contributed by atoms with Crippen molar-refractivity contribution in [2.24, 2.45) is 0 Å². The number of hydrogen-bond acceptors (Lipinski definition) is 4. The third-order valence-corrected chi connectivity index (χ3v) is 5.71. The largest absolute Gasteiger partial charge is 0.469 e. The Morgan fingerprint density at radius 2 is 2.00 bits per heavy atom. The molecule has 1 fully saturated rings. The van der Waals surface area contributed by atoms with Crippen LogP contribution in [0.2, 0.25) is 0 Å². The Kier molecular flexibility index (Phi) is 4.73. The summed E-state index contributed by atoms with van der Waals surface area (Å²) >= 11 is 0. The molecule has 0 unspecified atom stereocenters. The minimum atomic E-state index is -3.58. The Hall–Kier alpha value is -2.12. The molecule has 7 heteroatoms. The SMILES string of the molecule is Cc1occc1C(=O)N1CCC[C@@H](NS(=O)(=O)c2ccccc2)C1. The molecule has 1 aromatic heterocycles. The normalized spacial score (nSPS) is 18.5. The van der Waals surface area contributed by atoms with E-state index in [0.717, 1.165) is 6.42 Å². The van der Waals surface area contributed by atoms with Gasteiger partial charge in [0.2, 0.25) is 10.0 Å². The van der Waals surface area contributed by atoms with Crippen molar-refractivity contribution in [3.8, 4) is 0 Å². The van der Waals surface area contributed by atoms with E-state index in [1.165, 1.54) is 6.26 Å². The number of nitrogens with one attached hydrogen (secondary N) is 1. The standard InChI is InChI=1S/C17H20N2O4S/c1-13-16(9-11-23-13)17(20)19-10-5-6-14(12-19)18-24(21,22)15-7-3-2-4-8-15/h2-4,7-9,11,14,18H,5-6,10,12H2,1H3/t14-/m1/s1. The second-order valence-corrected chi connectivity index (χ2v) is 7.63. The van der Waals surface area contributed by atoms with Gasteiger partial charge in [0, 0.05) is 19.1 Å². The molecule has 0 bridgehead atoms. The van der Waals surface area contributed by atoms with Crippen LogP contribution in [0.3, 0.4) is 0 Å². The molecule has 0 aliphatic carbocycles. The lowest BCUT2D eigenvalue weighted by atomic mass is 10.1. The number of hydrogen-bond donors (Lipinski definition) is 1. The van der Waals surface area contributed by atoms with Gasteiger partial charge in [0.25, 0.3) is 5.91 Å². The summed E-state index contributed by atoms with van der Waals surface area (Å²) in [7, 11) is -3.58. The first-order chi connectivity index (χ1) is 11.5. The molecule has 1 aliphatic rings. The second-order valence-electron chi connectivity index (χ2n) is 5.92. The van der Waals surface area contributed by atoms with Crippen LogP contribution in [0, 0.1) is 6.92 Å². The van der Waals surface area contributed by atoms with Crippen molar-refractivity contribution in [1.82, 2.24) is 9.62 Å². The van der Waals surface area contributed by atoms with Gasteiger partial charge in [-0.2, -0.15) is 0 Å². The Bertz CT molecular complexity index is 814. The summed E-state index contributed by atoms with van der Waals surface area (Å²) in [4.78, 5) is 14.5. The topological polar surface area (TPSA) is 79.6 Å². The highest BCUT2D eigenvalue weighted by molar-refractivity contribution is 7.89. The average molecular weight is 348 g/mol. The van der Waals surface area contributed by atoms with Crippen molar-refractivity contribution >= 4 is 15.9 Å². The molecule has 6 nitrogen and oxygen atoms in total. The van der Waals surface area contributed by atoms with Gasteiger partial charge in [0.15, 0.2) is 0 Å². The number of rotatable bonds is 4. The molecule has 1 aromatic carbocycles. The number of carbonyl (C=O) groups is 1. The van der Waals surface area contributed by atoms with E-state index in [9.17, 15) is 13.2 Å². The van der Waals surface area contributed by atoms with Crippen LogP contribution in [0.5, 0.6) is 0 Å². The monoisotopic (exact) mass is 348 g/mol. The lowest BCUT2D eigenvalue weighted by Crippen LogP contribution is -2.49. The fourth-order valence-electron chi connectivity index (χ4n) is 2.92. The second kappa shape index (κ2) is 6.78. The summed E-state index contributed by atoms with van der Waals surface area (Å²) < 4.78 is 32.8. The van der Waals surface area contributed by atoms with E-state index in [0.29, 0.717) is 30.8 Å². The smallest absolute Gasteiger partial charge is 0.257 e. The number of benzene rings is 1. The van der Waals surface area contributed by atoms with Gasteiger partial charge in [-0.15, -0.1) is 0 Å². The molecule has 1 atom stereocenters. The maximum Gasteiger partial charge on any atom is 0.257 e. The molecule has 0 spiro atoms. The predicted molar refractivity (Wildman–Crippen MR) is 89.1 cm³/mol. The van der Waals surface area contributed by atoms with E-state index in [-0.39, 0.29) is 16.8 Å². The first kappa shape index (κ1) is 16.7. The van der Waals surface area contributed by atoms with Crippen LogP contribution in [-0.2, 0) is 10.0 Å². The summed E-state index contributed by atoms with van der Waals surface area (Å²) in [5.74, 6) is 0.455. The molecular weight excluding hydrogens is 328 g/mol. The predicted octanol–water partition coefficient (Wildman–Crippen LogP) is 2.17. The van der Waals surface area contributed by atoms with Gasteiger partial charge in [0.05, 0.1) is 16.7 Å². The van der Waals surface area contributed by atoms with Crippen molar-refractivity contribution < 1.29 is 17.6 Å². The van der Waals surface area contributed by atoms with Crippen LogP contribution in [0.25, 0.3) is 0 Å². The fraction of sp³-hybridized carbons (Fsp3) is 0.353. The highest BCUT2D eigenvalue weighted by atomic mass is 32.2. The maximum absolute atomic E-state index is 12.6. The number of piperidine rings is 1. The lowest BCUT2D eigenvalue weighted by molar-refractivity contribution is 0.0701. The van der Waals surface area contributed by atoms with Crippen LogP contribution in [0.1, 0.15) is 29.0 Å². The number of furan rings is 1. The minimum Gasteiger partial charge on any atom is -0.469 e. The van der Waals surface area contributed by atoms with Crippen molar-refractivity contribution in [1.29, 1.82) is 0 Å². The third-order valence-electron chi connectivity index (χ3n) is 4.17. The molecule has 1 aliphatic heterocycles. The molecule has 128 valence electrons. The maximum atomic E-state index is 12.6. The molecule has 1 N–H and O–H groups in total. The molecule has 1 amide bonds. The molecule has 1 saturated heterocycles. The van der Waals surface area contributed by atoms with Crippen LogP contribution in [0.15, 0.2) is 52.0 Å². The summed E-state index contributed by atoms with van der Waals surface area (Å²) in [5, 5.41) is 0. The van der Waals surface area contributed by atoms with Gasteiger partial charge in [-0.3, -0.25) is 4.79 Å². The highest BCUT2D eigenvalue weighted by Gasteiger charge is 2.29. The van der Waals surface area contributed by atoms with E-state index in [1.54, 1.807) is 48.2 Å². The lowest BCUT2D eigenvalue weighted by Gasteiger charge is -2.33. The van der Waals surface area contributed by atoms with Crippen molar-refractivity contribution in [3.05, 3.63) is 54.0 Å². The van der Waals surface area contributed by atoms with Gasteiger partial charge in [-0.05, 0) is 38.0 Å². The summed E-state index contributed by atoms with van der Waals surface area (Å²) in [6.07, 6.45) is 2.95. The Balaban J connectivity index is 1.70. The van der Waals surface area contributed by atoms with Crippen LogP contribution < -0.4 is 4.72 Å². The quantitative estimate of drug-likeness (QED) is 0.918. The van der Waals surface area contributed by atoms with Crippen molar-refractivity contribution in [2.45, 2.75) is 30.7 Å². The number of amides is 1. The van der Waals surface area contributed by atoms with Crippen LogP contribution in [0.4, 0.5) is 0 Å². The molecule has 24 heavy (non-hydrogen) atoms. The van der Waals surface area contributed by atoms with Crippen molar-refractivity contribution in [3.63, 3.8) is 0 Å². The van der Waals surface area contributed by atoms with Gasteiger partial charge in [-0.25, -0.2) is 13.1 Å². The zero-order valence-electron chi connectivity index (χ0n) is 13.4. The first-order valence-electron chi connectivity index (χ1n) is 7.88. The number of nitrogens with zero attached hydrogens (tertiary/aromatic N) is 1. The number of aryl methyl sites for hydroxylation is 1. The number of sulfonamides is 1. The zero-order valence-corrected chi connectivity index (χ0v) is 14.3. The molecule has 2 aromatic rings. The summed E-state index contributed by atoms with van der Waals surface area (Å²) in [5.41, 5.74) is 0.529. The van der Waals surface area contributed by atoms with E-state index in [1.807, 2.05) is 0 Å². The number of carbonyl (C=O) groups excluding carboxylic acids is 1. The summed E-state index contributed by atoms with van der Waals surface area (Å²) in [6.45, 7) is 2.72. The molecule has 0 saturated carbocycles. The Morgan fingerprint density at radius 3 is 2.67 bits per heavy atom. The third kappa shape index (κ3) is 3.52. The van der Waals surface area contributed by atoms with Crippen molar-refractivity contribution in [2.75, 3.05) is 13.1 Å². The van der Waals surface area contributed by atoms with Crippen LogP contribution in [-0.4, -0.2) is 38.4 Å².